The Hall–Kier alpha value is -3.18. The van der Waals surface area contributed by atoms with Crippen LogP contribution < -0.4 is 0 Å². The van der Waals surface area contributed by atoms with Crippen molar-refractivity contribution in [3.05, 3.63) is 90.6 Å². The van der Waals surface area contributed by atoms with Gasteiger partial charge in [-0.1, -0.05) is 54.6 Å². The van der Waals surface area contributed by atoms with E-state index in [0.717, 1.165) is 11.1 Å². The molecular weight excluding hydrogens is 358 g/mol. The molecule has 1 aromatic heterocycles. The highest BCUT2D eigenvalue weighted by atomic mass is 32.2. The zero-order valence-electron chi connectivity index (χ0n) is 14.7. The number of carbonyl (C=O) groups is 1. The van der Waals surface area contributed by atoms with Crippen LogP contribution in [-0.4, -0.2) is 18.2 Å². The largest absolute Gasteiger partial charge is 0.294 e. The average molecular weight is 375 g/mol. The van der Waals surface area contributed by atoms with Gasteiger partial charge in [-0.15, -0.1) is 0 Å². The summed E-state index contributed by atoms with van der Waals surface area (Å²) in [4.78, 5) is 12.4. The molecule has 0 aliphatic rings. The number of fused-ring (bicyclic) bond motifs is 1. The summed E-state index contributed by atoms with van der Waals surface area (Å²) >= 11 is 0. The van der Waals surface area contributed by atoms with E-state index >= 15 is 0 Å². The molecule has 134 valence electrons. The Morgan fingerprint density at radius 1 is 0.815 bits per heavy atom. The minimum atomic E-state index is -3.79. The highest BCUT2D eigenvalue weighted by Gasteiger charge is 2.22. The predicted octanol–water partition coefficient (Wildman–Crippen LogP) is 4.75. The van der Waals surface area contributed by atoms with E-state index in [1.54, 1.807) is 36.4 Å². The molecule has 5 heteroatoms. The normalized spacial score (nSPS) is 11.6. The van der Waals surface area contributed by atoms with Gasteiger partial charge >= 0.3 is 0 Å². The molecule has 1 heterocycles. The molecule has 4 nitrogen and oxygen atoms in total. The number of carbonyl (C=O) groups excluding carboxylic acids is 1. The Morgan fingerprint density at radius 3 is 2.07 bits per heavy atom. The van der Waals surface area contributed by atoms with Crippen LogP contribution in [0.4, 0.5) is 0 Å². The van der Waals surface area contributed by atoms with E-state index in [4.69, 9.17) is 0 Å². The van der Waals surface area contributed by atoms with Gasteiger partial charge in [0.1, 0.15) is 0 Å². The Kier molecular flexibility index (Phi) is 4.16. The van der Waals surface area contributed by atoms with Gasteiger partial charge in [-0.05, 0) is 42.3 Å². The number of Topliss-reactive ketones (excluding diaryl/α,β-unsaturated/α-hetero) is 1. The van der Waals surface area contributed by atoms with E-state index < -0.39 is 10.0 Å². The van der Waals surface area contributed by atoms with Crippen LogP contribution in [0, 0.1) is 0 Å². The lowest BCUT2D eigenvalue weighted by atomic mass is 10.0. The zero-order valence-corrected chi connectivity index (χ0v) is 15.5. The molecular formula is C22H17NO3S. The lowest BCUT2D eigenvalue weighted by Crippen LogP contribution is -2.11. The fourth-order valence-corrected chi connectivity index (χ4v) is 4.59. The van der Waals surface area contributed by atoms with Gasteiger partial charge in [0.15, 0.2) is 5.78 Å². The Bertz CT molecular complexity index is 1240. The van der Waals surface area contributed by atoms with E-state index in [1.165, 1.54) is 17.1 Å². The van der Waals surface area contributed by atoms with E-state index in [-0.39, 0.29) is 10.7 Å². The Morgan fingerprint density at radius 2 is 1.44 bits per heavy atom. The quantitative estimate of drug-likeness (QED) is 0.484. The smallest absolute Gasteiger partial charge is 0.268 e. The standard InChI is InChI=1S/C22H17NO3S/c1-16(24)21-15-23(27(25,26)19-10-6-3-7-11-19)22-13-12-18(14-20(21)22)17-8-4-2-5-9-17/h2-15H,1H3. The Balaban J connectivity index is 1.97. The van der Waals surface area contributed by atoms with Crippen LogP contribution in [-0.2, 0) is 10.0 Å². The third-order valence-electron chi connectivity index (χ3n) is 4.56. The van der Waals surface area contributed by atoms with E-state index in [9.17, 15) is 13.2 Å². The zero-order chi connectivity index (χ0) is 19.0. The summed E-state index contributed by atoms with van der Waals surface area (Å²) in [5, 5.41) is 0.628. The second-order valence-corrected chi connectivity index (χ2v) is 8.13. The number of hydrogen-bond donors (Lipinski definition) is 0. The molecule has 0 atom stereocenters. The number of ketones is 1. The first-order chi connectivity index (χ1) is 13.0. The number of rotatable bonds is 4. The summed E-state index contributed by atoms with van der Waals surface area (Å²) in [5.41, 5.74) is 2.82. The first kappa shape index (κ1) is 17.2. The van der Waals surface area contributed by atoms with Gasteiger partial charge in [-0.3, -0.25) is 4.79 Å². The van der Waals surface area contributed by atoms with E-state index in [2.05, 4.69) is 0 Å². The molecule has 27 heavy (non-hydrogen) atoms. The van der Waals surface area contributed by atoms with Crippen molar-refractivity contribution in [2.75, 3.05) is 0 Å². The number of benzene rings is 3. The molecule has 0 bridgehead atoms. The van der Waals surface area contributed by atoms with Crippen molar-refractivity contribution in [3.8, 4) is 11.1 Å². The molecule has 0 amide bonds. The summed E-state index contributed by atoms with van der Waals surface area (Å²) in [6, 6.07) is 23.5. The third kappa shape index (κ3) is 2.96. The molecule has 0 aliphatic heterocycles. The highest BCUT2D eigenvalue weighted by molar-refractivity contribution is 7.90. The van der Waals surface area contributed by atoms with Crippen LogP contribution in [0.5, 0.6) is 0 Å². The van der Waals surface area contributed by atoms with Crippen LogP contribution in [0.15, 0.2) is 90.0 Å². The van der Waals surface area contributed by atoms with Gasteiger partial charge in [0.05, 0.1) is 10.4 Å². The molecule has 0 unspecified atom stereocenters. The summed E-state index contributed by atoms with van der Waals surface area (Å²) < 4.78 is 27.4. The maximum Gasteiger partial charge on any atom is 0.268 e. The first-order valence-corrected chi connectivity index (χ1v) is 9.94. The lowest BCUT2D eigenvalue weighted by Gasteiger charge is -2.08. The summed E-state index contributed by atoms with van der Waals surface area (Å²) in [5.74, 6) is -0.174. The van der Waals surface area contributed by atoms with Gasteiger partial charge in [0, 0.05) is 17.1 Å². The molecule has 0 radical (unpaired) electrons. The second kappa shape index (κ2) is 6.52. The summed E-state index contributed by atoms with van der Waals surface area (Å²) in [6.45, 7) is 1.45. The van der Waals surface area contributed by atoms with Crippen molar-refractivity contribution >= 4 is 26.7 Å². The predicted molar refractivity (Wildman–Crippen MR) is 106 cm³/mol. The van der Waals surface area contributed by atoms with Crippen LogP contribution >= 0.6 is 0 Å². The van der Waals surface area contributed by atoms with Crippen LogP contribution in [0.2, 0.25) is 0 Å². The topological polar surface area (TPSA) is 56.1 Å². The molecule has 3 aromatic carbocycles. The fraction of sp³-hybridized carbons (Fsp3) is 0.0455. The van der Waals surface area contributed by atoms with Gasteiger partial charge in [-0.25, -0.2) is 12.4 Å². The molecule has 0 aliphatic carbocycles. The number of hydrogen-bond acceptors (Lipinski definition) is 3. The van der Waals surface area contributed by atoms with E-state index in [0.29, 0.717) is 16.5 Å². The van der Waals surface area contributed by atoms with Crippen LogP contribution in [0.1, 0.15) is 17.3 Å². The van der Waals surface area contributed by atoms with Gasteiger partial charge in [0.25, 0.3) is 10.0 Å². The monoisotopic (exact) mass is 375 g/mol. The molecule has 0 spiro atoms. The number of aromatic nitrogens is 1. The Labute approximate surface area is 157 Å². The molecule has 0 fully saturated rings. The lowest BCUT2D eigenvalue weighted by molar-refractivity contribution is 0.101. The minimum Gasteiger partial charge on any atom is -0.294 e. The maximum atomic E-state index is 13.1. The van der Waals surface area contributed by atoms with Crippen molar-refractivity contribution in [1.82, 2.24) is 3.97 Å². The first-order valence-electron chi connectivity index (χ1n) is 8.50. The second-order valence-electron chi connectivity index (χ2n) is 6.31. The van der Waals surface area contributed by atoms with Gasteiger partial charge in [0.2, 0.25) is 0 Å². The number of nitrogens with zero attached hydrogens (tertiary/aromatic N) is 1. The maximum absolute atomic E-state index is 13.1. The third-order valence-corrected chi connectivity index (χ3v) is 6.24. The van der Waals surface area contributed by atoms with E-state index in [1.807, 2.05) is 42.5 Å². The van der Waals surface area contributed by atoms with Crippen LogP contribution in [0.25, 0.3) is 22.0 Å². The van der Waals surface area contributed by atoms with Crippen molar-refractivity contribution in [1.29, 1.82) is 0 Å². The van der Waals surface area contributed by atoms with Crippen LogP contribution in [0.3, 0.4) is 0 Å². The molecule has 0 saturated heterocycles. The van der Waals surface area contributed by atoms with Crippen molar-refractivity contribution < 1.29 is 13.2 Å². The fourth-order valence-electron chi connectivity index (χ4n) is 3.20. The molecule has 4 aromatic rings. The molecule has 0 N–H and O–H groups in total. The average Bonchev–Trinajstić information content (AvgIpc) is 3.09. The SMILES string of the molecule is CC(=O)c1cn(S(=O)(=O)c2ccccc2)c2ccc(-c3ccccc3)cc12. The van der Waals surface area contributed by atoms with Gasteiger partial charge < -0.3 is 0 Å². The minimum absolute atomic E-state index is 0.174. The highest BCUT2D eigenvalue weighted by Crippen LogP contribution is 2.30. The molecule has 4 rings (SSSR count). The summed E-state index contributed by atoms with van der Waals surface area (Å²) in [7, 11) is -3.79. The molecule has 0 saturated carbocycles. The van der Waals surface area contributed by atoms with Crippen molar-refractivity contribution in [2.45, 2.75) is 11.8 Å². The van der Waals surface area contributed by atoms with Crippen molar-refractivity contribution in [3.63, 3.8) is 0 Å². The van der Waals surface area contributed by atoms with Crippen molar-refractivity contribution in [2.24, 2.45) is 0 Å². The van der Waals surface area contributed by atoms with Gasteiger partial charge in [-0.2, -0.15) is 0 Å². The summed E-state index contributed by atoms with van der Waals surface area (Å²) in [6.07, 6.45) is 1.42.